The number of hydrogen-bond donors (Lipinski definition) is 0. The molecule has 5 nitrogen and oxygen atoms in total. The zero-order valence-corrected chi connectivity index (χ0v) is 15.4. The van der Waals surface area contributed by atoms with Crippen LogP contribution in [-0.2, 0) is 10.0 Å². The number of benzene rings is 2. The van der Waals surface area contributed by atoms with Crippen LogP contribution in [0.4, 0.5) is 5.69 Å². The zero-order chi connectivity index (χ0) is 18.3. The van der Waals surface area contributed by atoms with E-state index in [1.807, 2.05) is 0 Å². The molecule has 2 rings (SSSR count). The van der Waals surface area contributed by atoms with Crippen molar-refractivity contribution in [1.29, 1.82) is 5.26 Å². The second kappa shape index (κ2) is 8.75. The minimum atomic E-state index is -3.65. The smallest absolute Gasteiger partial charge is 0.264 e. The fourth-order valence-corrected chi connectivity index (χ4v) is 3.47. The molecule has 0 atom stereocenters. The minimum absolute atomic E-state index is 0.178. The quantitative estimate of drug-likeness (QED) is 0.644. The van der Waals surface area contributed by atoms with Crippen molar-refractivity contribution < 1.29 is 13.2 Å². The molecular weight excluding hydrogens is 360 g/mol. The van der Waals surface area contributed by atoms with E-state index in [2.05, 4.69) is 6.07 Å². The number of rotatable bonds is 8. The van der Waals surface area contributed by atoms with Gasteiger partial charge in [0, 0.05) is 18.5 Å². The lowest BCUT2D eigenvalue weighted by atomic mass is 10.2. The Bertz CT molecular complexity index is 828. The predicted octanol–water partition coefficient (Wildman–Crippen LogP) is 4.24. The third-order valence-corrected chi connectivity index (χ3v) is 5.68. The van der Waals surface area contributed by atoms with E-state index >= 15 is 0 Å². The van der Waals surface area contributed by atoms with E-state index in [1.165, 1.54) is 23.5 Å². The molecule has 0 unspecified atom stereocenters. The monoisotopic (exact) mass is 378 g/mol. The van der Waals surface area contributed by atoms with Crippen LogP contribution in [0.5, 0.6) is 5.75 Å². The zero-order valence-electron chi connectivity index (χ0n) is 13.9. The van der Waals surface area contributed by atoms with Crippen LogP contribution in [0.25, 0.3) is 0 Å². The van der Waals surface area contributed by atoms with Gasteiger partial charge in [0.1, 0.15) is 5.75 Å². The lowest BCUT2D eigenvalue weighted by molar-refractivity contribution is 0.307. The largest absolute Gasteiger partial charge is 0.494 e. The van der Waals surface area contributed by atoms with Crippen molar-refractivity contribution in [2.24, 2.45) is 0 Å². The highest BCUT2D eigenvalue weighted by molar-refractivity contribution is 7.92. The summed E-state index contributed by atoms with van der Waals surface area (Å²) < 4.78 is 32.0. The van der Waals surface area contributed by atoms with Gasteiger partial charge in [0.25, 0.3) is 10.0 Å². The molecule has 0 fully saturated rings. The Morgan fingerprint density at radius 3 is 2.32 bits per heavy atom. The molecule has 2 aromatic rings. The van der Waals surface area contributed by atoms with E-state index in [-0.39, 0.29) is 4.90 Å². The van der Waals surface area contributed by atoms with E-state index in [4.69, 9.17) is 21.6 Å². The molecule has 0 aliphatic heterocycles. The lowest BCUT2D eigenvalue weighted by Gasteiger charge is -2.20. The van der Waals surface area contributed by atoms with Gasteiger partial charge in [-0.3, -0.25) is 4.31 Å². The van der Waals surface area contributed by atoms with E-state index in [0.29, 0.717) is 29.5 Å². The molecule has 0 aromatic heterocycles. The Hall–Kier alpha value is -2.23. The summed E-state index contributed by atoms with van der Waals surface area (Å²) in [7, 11) is -2.14. The average Bonchev–Trinajstić information content (AvgIpc) is 2.62. The molecule has 25 heavy (non-hydrogen) atoms. The molecule has 0 bridgehead atoms. The summed E-state index contributed by atoms with van der Waals surface area (Å²) in [5, 5.41) is 8.96. The van der Waals surface area contributed by atoms with Gasteiger partial charge in [0.2, 0.25) is 0 Å². The summed E-state index contributed by atoms with van der Waals surface area (Å²) in [5.74, 6) is 0.665. The second-order valence-electron chi connectivity index (χ2n) is 5.38. The van der Waals surface area contributed by atoms with Crippen molar-refractivity contribution in [2.75, 3.05) is 18.0 Å². The number of unbranched alkanes of at least 4 members (excludes halogenated alkanes) is 2. The van der Waals surface area contributed by atoms with Gasteiger partial charge in [-0.25, -0.2) is 8.42 Å². The Morgan fingerprint density at radius 2 is 1.72 bits per heavy atom. The molecule has 0 amide bonds. The SMILES string of the molecule is CN(c1ccc(OCCCCC#N)cc1)S(=O)(=O)c1ccc(Cl)cc1. The second-order valence-corrected chi connectivity index (χ2v) is 7.79. The number of ether oxygens (including phenoxy) is 1. The summed E-state index contributed by atoms with van der Waals surface area (Å²) >= 11 is 5.81. The maximum absolute atomic E-state index is 12.6. The summed E-state index contributed by atoms with van der Waals surface area (Å²) in [6.07, 6.45) is 2.13. The average molecular weight is 379 g/mol. The molecule has 0 heterocycles. The van der Waals surface area contributed by atoms with E-state index in [9.17, 15) is 8.42 Å². The molecule has 0 saturated heterocycles. The van der Waals surface area contributed by atoms with Gasteiger partial charge in [-0.05, 0) is 61.4 Å². The summed E-state index contributed by atoms with van der Waals surface area (Å²) in [4.78, 5) is 0.178. The van der Waals surface area contributed by atoms with Crippen molar-refractivity contribution in [1.82, 2.24) is 0 Å². The Labute approximate surface area is 153 Å². The third kappa shape index (κ3) is 5.12. The van der Waals surface area contributed by atoms with E-state index in [0.717, 1.165) is 12.8 Å². The van der Waals surface area contributed by atoms with E-state index < -0.39 is 10.0 Å². The molecule has 132 valence electrons. The van der Waals surface area contributed by atoms with Gasteiger partial charge in [-0.1, -0.05) is 11.6 Å². The number of nitriles is 1. The number of halogens is 1. The minimum Gasteiger partial charge on any atom is -0.494 e. The molecule has 7 heteroatoms. The van der Waals surface area contributed by atoms with Crippen molar-refractivity contribution in [3.63, 3.8) is 0 Å². The molecule has 2 aromatic carbocycles. The third-order valence-electron chi connectivity index (χ3n) is 3.62. The molecule has 0 spiro atoms. The highest BCUT2D eigenvalue weighted by Crippen LogP contribution is 2.25. The first-order valence-electron chi connectivity index (χ1n) is 7.79. The fourth-order valence-electron chi connectivity index (χ4n) is 2.15. The van der Waals surface area contributed by atoms with Crippen LogP contribution in [0.2, 0.25) is 5.02 Å². The summed E-state index contributed by atoms with van der Waals surface area (Å²) in [6.45, 7) is 0.528. The van der Waals surface area contributed by atoms with Crippen LogP contribution in [0.1, 0.15) is 19.3 Å². The highest BCUT2D eigenvalue weighted by atomic mass is 35.5. The van der Waals surface area contributed by atoms with Gasteiger partial charge in [0.05, 0.1) is 23.3 Å². The molecule has 0 aliphatic carbocycles. The van der Waals surface area contributed by atoms with Gasteiger partial charge in [0.15, 0.2) is 0 Å². The predicted molar refractivity (Wildman–Crippen MR) is 98.4 cm³/mol. The van der Waals surface area contributed by atoms with Crippen molar-refractivity contribution in [2.45, 2.75) is 24.2 Å². The first kappa shape index (κ1) is 19.1. The highest BCUT2D eigenvalue weighted by Gasteiger charge is 2.21. The molecule has 0 saturated carbocycles. The molecule has 0 N–H and O–H groups in total. The number of nitrogens with zero attached hydrogens (tertiary/aromatic N) is 2. The van der Waals surface area contributed by atoms with Crippen LogP contribution in [0.3, 0.4) is 0 Å². The van der Waals surface area contributed by atoms with Crippen LogP contribution >= 0.6 is 11.6 Å². The maximum atomic E-state index is 12.6. The lowest BCUT2D eigenvalue weighted by Crippen LogP contribution is -2.26. The maximum Gasteiger partial charge on any atom is 0.264 e. The topological polar surface area (TPSA) is 70.4 Å². The molecule has 0 radical (unpaired) electrons. The summed E-state index contributed by atoms with van der Waals surface area (Å²) in [5.41, 5.74) is 0.534. The van der Waals surface area contributed by atoms with Gasteiger partial charge >= 0.3 is 0 Å². The number of anilines is 1. The fraction of sp³-hybridized carbons (Fsp3) is 0.278. The van der Waals surface area contributed by atoms with Crippen LogP contribution in [0, 0.1) is 11.3 Å². The van der Waals surface area contributed by atoms with Crippen molar-refractivity contribution in [3.8, 4) is 11.8 Å². The number of sulfonamides is 1. The normalized spacial score (nSPS) is 10.9. The Morgan fingerprint density at radius 1 is 1.08 bits per heavy atom. The van der Waals surface area contributed by atoms with Gasteiger partial charge < -0.3 is 4.74 Å². The number of hydrogen-bond acceptors (Lipinski definition) is 4. The first-order valence-corrected chi connectivity index (χ1v) is 9.61. The van der Waals surface area contributed by atoms with Crippen LogP contribution in [-0.4, -0.2) is 22.1 Å². The molecule has 0 aliphatic rings. The van der Waals surface area contributed by atoms with E-state index in [1.54, 1.807) is 36.4 Å². The first-order chi connectivity index (χ1) is 11.9. The molecular formula is C18H19ClN2O3S. The van der Waals surface area contributed by atoms with Crippen molar-refractivity contribution in [3.05, 3.63) is 53.6 Å². The van der Waals surface area contributed by atoms with Gasteiger partial charge in [-0.2, -0.15) is 5.26 Å². The van der Waals surface area contributed by atoms with Crippen molar-refractivity contribution >= 4 is 27.3 Å². The van der Waals surface area contributed by atoms with Crippen LogP contribution < -0.4 is 9.04 Å². The summed E-state index contributed by atoms with van der Waals surface area (Å²) in [6, 6.07) is 15.0. The standard InChI is InChI=1S/C18H19ClN2O3S/c1-21(25(22,23)18-11-5-15(19)6-12-18)16-7-9-17(10-8-16)24-14-4-2-3-13-20/h5-12H,2-4,14H2,1H3. The Balaban J connectivity index is 2.03. The Kier molecular flexibility index (Phi) is 6.68. The van der Waals surface area contributed by atoms with Gasteiger partial charge in [-0.15, -0.1) is 0 Å². The van der Waals surface area contributed by atoms with Crippen LogP contribution in [0.15, 0.2) is 53.4 Å².